The average molecular weight is 364 g/mol. The van der Waals surface area contributed by atoms with Crippen molar-refractivity contribution in [1.29, 1.82) is 0 Å². The first kappa shape index (κ1) is 16.7. The van der Waals surface area contributed by atoms with Crippen LogP contribution in [0.25, 0.3) is 0 Å². The van der Waals surface area contributed by atoms with E-state index in [0.717, 1.165) is 34.4 Å². The number of hydrogen-bond acceptors (Lipinski definition) is 2. The topological polar surface area (TPSA) is 34.9 Å². The van der Waals surface area contributed by atoms with Crippen LogP contribution in [-0.2, 0) is 12.0 Å². The van der Waals surface area contributed by atoms with Gasteiger partial charge in [0, 0.05) is 12.6 Å². The maximum Gasteiger partial charge on any atom is 0.166 e. The highest BCUT2D eigenvalue weighted by Gasteiger charge is 2.40. The molecule has 3 aromatic carbocycles. The molecule has 0 radical (unpaired) electrons. The highest BCUT2D eigenvalue weighted by atomic mass is 16.1. The summed E-state index contributed by atoms with van der Waals surface area (Å²) in [6, 6.07) is 31.2. The van der Waals surface area contributed by atoms with Crippen LogP contribution in [0.1, 0.15) is 39.2 Å². The second kappa shape index (κ2) is 6.61. The Balaban J connectivity index is 1.88. The zero-order chi connectivity index (χ0) is 19.0. The quantitative estimate of drug-likeness (QED) is 0.485. The smallest absolute Gasteiger partial charge is 0.166 e. The number of benzene rings is 3. The predicted molar refractivity (Wildman–Crippen MR) is 109 cm³/mol. The molecule has 1 aliphatic carbocycles. The summed E-state index contributed by atoms with van der Waals surface area (Å²) in [6.07, 6.45) is 3.22. The molecule has 1 heterocycles. The molecule has 0 aliphatic heterocycles. The standard InChI is InChI=1S/C25H20N2O/c28-24-17-16-23-22(24)18-27(26-23)25(19-10-4-1-5-11-19,20-12-6-2-7-13-20)21-14-8-3-9-15-21/h1-15,18H,16-17H2. The van der Waals surface area contributed by atoms with E-state index in [2.05, 4.69) is 72.8 Å². The van der Waals surface area contributed by atoms with Gasteiger partial charge >= 0.3 is 0 Å². The Bertz CT molecular complexity index is 1020. The first-order valence-electron chi connectivity index (χ1n) is 9.59. The van der Waals surface area contributed by atoms with Crippen LogP contribution in [0, 0.1) is 0 Å². The summed E-state index contributed by atoms with van der Waals surface area (Å²) in [4.78, 5) is 12.4. The minimum absolute atomic E-state index is 0.185. The molecular weight excluding hydrogens is 344 g/mol. The zero-order valence-electron chi connectivity index (χ0n) is 15.5. The van der Waals surface area contributed by atoms with E-state index in [1.165, 1.54) is 0 Å². The fraction of sp³-hybridized carbons (Fsp3) is 0.120. The number of hydrogen-bond donors (Lipinski definition) is 0. The number of fused-ring (bicyclic) bond motifs is 1. The molecule has 0 spiro atoms. The minimum Gasteiger partial charge on any atom is -0.294 e. The molecule has 0 unspecified atom stereocenters. The SMILES string of the molecule is O=C1CCc2nn(C(c3ccccc3)(c3ccccc3)c3ccccc3)cc21. The number of aryl methyl sites for hydroxylation is 1. The van der Waals surface area contributed by atoms with Gasteiger partial charge in [0.15, 0.2) is 5.78 Å². The summed E-state index contributed by atoms with van der Waals surface area (Å²) >= 11 is 0. The van der Waals surface area contributed by atoms with Gasteiger partial charge in [-0.2, -0.15) is 5.10 Å². The largest absolute Gasteiger partial charge is 0.294 e. The third-order valence-electron chi connectivity index (χ3n) is 5.60. The van der Waals surface area contributed by atoms with Crippen LogP contribution < -0.4 is 0 Å². The fourth-order valence-electron chi connectivity index (χ4n) is 4.30. The molecule has 0 amide bonds. The lowest BCUT2D eigenvalue weighted by atomic mass is 9.77. The van der Waals surface area contributed by atoms with Gasteiger partial charge in [0.05, 0.1) is 11.3 Å². The lowest BCUT2D eigenvalue weighted by Gasteiger charge is -2.36. The Kier molecular flexibility index (Phi) is 3.94. The van der Waals surface area contributed by atoms with Crippen LogP contribution in [0.4, 0.5) is 0 Å². The first-order chi connectivity index (χ1) is 13.8. The molecule has 3 heteroatoms. The molecule has 0 bridgehead atoms. The molecule has 1 aromatic heterocycles. The summed E-state index contributed by atoms with van der Waals surface area (Å²) in [5.74, 6) is 0.185. The summed E-state index contributed by atoms with van der Waals surface area (Å²) in [7, 11) is 0. The molecule has 0 saturated carbocycles. The molecule has 0 atom stereocenters. The highest BCUT2D eigenvalue weighted by Crippen LogP contribution is 2.41. The fourth-order valence-corrected chi connectivity index (χ4v) is 4.30. The van der Waals surface area contributed by atoms with Crippen molar-refractivity contribution in [2.24, 2.45) is 0 Å². The lowest BCUT2D eigenvalue weighted by molar-refractivity contribution is 0.0994. The highest BCUT2D eigenvalue weighted by molar-refractivity contribution is 5.99. The van der Waals surface area contributed by atoms with Crippen LogP contribution in [0.15, 0.2) is 97.2 Å². The molecule has 5 rings (SSSR count). The van der Waals surface area contributed by atoms with E-state index in [-0.39, 0.29) is 5.78 Å². The van der Waals surface area contributed by atoms with Gasteiger partial charge in [-0.1, -0.05) is 91.0 Å². The molecule has 136 valence electrons. The second-order valence-electron chi connectivity index (χ2n) is 7.17. The summed E-state index contributed by atoms with van der Waals surface area (Å²) < 4.78 is 1.99. The molecule has 0 saturated heterocycles. The van der Waals surface area contributed by atoms with Crippen molar-refractivity contribution in [1.82, 2.24) is 9.78 Å². The maximum absolute atomic E-state index is 12.4. The van der Waals surface area contributed by atoms with Gasteiger partial charge in [-0.05, 0) is 23.1 Å². The van der Waals surface area contributed by atoms with E-state index in [1.807, 2.05) is 29.1 Å². The Labute approximate surface area is 164 Å². The van der Waals surface area contributed by atoms with E-state index in [4.69, 9.17) is 5.10 Å². The van der Waals surface area contributed by atoms with Gasteiger partial charge in [0.1, 0.15) is 5.54 Å². The average Bonchev–Trinajstić information content (AvgIpc) is 3.33. The number of carbonyl (C=O) groups excluding carboxylic acids is 1. The van der Waals surface area contributed by atoms with E-state index >= 15 is 0 Å². The number of carbonyl (C=O) groups is 1. The third kappa shape index (κ3) is 2.43. The van der Waals surface area contributed by atoms with Gasteiger partial charge in [-0.25, -0.2) is 0 Å². The summed E-state index contributed by atoms with van der Waals surface area (Å²) in [5.41, 5.74) is 4.35. The maximum atomic E-state index is 12.4. The minimum atomic E-state index is -0.644. The van der Waals surface area contributed by atoms with Crippen molar-refractivity contribution in [3.8, 4) is 0 Å². The van der Waals surface area contributed by atoms with Crippen LogP contribution in [0.3, 0.4) is 0 Å². The lowest BCUT2D eigenvalue weighted by Crippen LogP contribution is -2.38. The van der Waals surface area contributed by atoms with Crippen molar-refractivity contribution >= 4 is 5.78 Å². The number of Topliss-reactive ketones (excluding diaryl/α,β-unsaturated/α-hetero) is 1. The molecular formula is C25H20N2O. The van der Waals surface area contributed by atoms with Gasteiger partial charge in [-0.3, -0.25) is 9.48 Å². The van der Waals surface area contributed by atoms with E-state index in [0.29, 0.717) is 6.42 Å². The van der Waals surface area contributed by atoms with E-state index < -0.39 is 5.54 Å². The van der Waals surface area contributed by atoms with Crippen LogP contribution in [0.5, 0.6) is 0 Å². The number of aromatic nitrogens is 2. The van der Waals surface area contributed by atoms with E-state index in [1.54, 1.807) is 0 Å². The predicted octanol–water partition coefficient (Wildman–Crippen LogP) is 4.85. The van der Waals surface area contributed by atoms with Gasteiger partial charge in [-0.15, -0.1) is 0 Å². The molecule has 0 fully saturated rings. The molecule has 28 heavy (non-hydrogen) atoms. The Morgan fingerprint density at radius 1 is 0.679 bits per heavy atom. The monoisotopic (exact) mass is 364 g/mol. The Morgan fingerprint density at radius 2 is 1.14 bits per heavy atom. The summed E-state index contributed by atoms with van der Waals surface area (Å²) in [6.45, 7) is 0. The summed E-state index contributed by atoms with van der Waals surface area (Å²) in [5, 5.41) is 4.94. The number of nitrogens with zero attached hydrogens (tertiary/aromatic N) is 2. The van der Waals surface area contributed by atoms with Crippen molar-refractivity contribution in [2.45, 2.75) is 18.4 Å². The first-order valence-corrected chi connectivity index (χ1v) is 9.59. The molecule has 1 aliphatic rings. The molecule has 0 N–H and O–H groups in total. The van der Waals surface area contributed by atoms with Crippen molar-refractivity contribution in [3.63, 3.8) is 0 Å². The van der Waals surface area contributed by atoms with Gasteiger partial charge in [0.2, 0.25) is 0 Å². The molecule has 4 aromatic rings. The Hall–Kier alpha value is -3.46. The van der Waals surface area contributed by atoms with Crippen LogP contribution >= 0.6 is 0 Å². The van der Waals surface area contributed by atoms with Gasteiger partial charge in [0.25, 0.3) is 0 Å². The van der Waals surface area contributed by atoms with Crippen LogP contribution in [0.2, 0.25) is 0 Å². The van der Waals surface area contributed by atoms with Gasteiger partial charge < -0.3 is 0 Å². The van der Waals surface area contributed by atoms with Crippen molar-refractivity contribution in [2.75, 3.05) is 0 Å². The van der Waals surface area contributed by atoms with Crippen molar-refractivity contribution in [3.05, 3.63) is 125 Å². The number of rotatable bonds is 4. The Morgan fingerprint density at radius 3 is 1.57 bits per heavy atom. The van der Waals surface area contributed by atoms with Crippen molar-refractivity contribution < 1.29 is 4.79 Å². The normalized spacial score (nSPS) is 13.5. The molecule has 3 nitrogen and oxygen atoms in total. The third-order valence-corrected chi connectivity index (χ3v) is 5.60. The van der Waals surface area contributed by atoms with E-state index in [9.17, 15) is 4.79 Å². The zero-order valence-corrected chi connectivity index (χ0v) is 15.5. The van der Waals surface area contributed by atoms with Crippen LogP contribution in [-0.4, -0.2) is 15.6 Å². The second-order valence-corrected chi connectivity index (χ2v) is 7.17. The number of ketones is 1.